The first-order valence-corrected chi connectivity index (χ1v) is 5.24. The summed E-state index contributed by atoms with van der Waals surface area (Å²) in [6.07, 6.45) is 2.02. The number of benzene rings is 1. The zero-order valence-corrected chi connectivity index (χ0v) is 8.06. The highest BCUT2D eigenvalue weighted by molar-refractivity contribution is 5.79. The number of fused-ring (bicyclic) bond motifs is 1. The Morgan fingerprint density at radius 3 is 2.57 bits per heavy atom. The summed E-state index contributed by atoms with van der Waals surface area (Å²) in [6, 6.07) is 10.9. The topological polar surface area (TPSA) is 24.4 Å². The second-order valence-electron chi connectivity index (χ2n) is 4.17. The summed E-state index contributed by atoms with van der Waals surface area (Å²) in [5.41, 5.74) is 1.21. The predicted octanol–water partition coefficient (Wildman–Crippen LogP) is 1.32. The molecule has 0 aromatic heterocycles. The fourth-order valence-corrected chi connectivity index (χ4v) is 2.32. The van der Waals surface area contributed by atoms with E-state index in [4.69, 9.17) is 0 Å². The van der Waals surface area contributed by atoms with Crippen LogP contribution in [-0.2, 0) is 0 Å². The quantitative estimate of drug-likeness (QED) is 0.692. The average molecular weight is 186 g/mol. The predicted molar refractivity (Wildman–Crippen MR) is 57.7 cm³/mol. The molecule has 1 N–H and O–H groups in total. The van der Waals surface area contributed by atoms with Gasteiger partial charge < -0.3 is 5.32 Å². The molecule has 2 nitrogen and oxygen atoms in total. The van der Waals surface area contributed by atoms with Crippen molar-refractivity contribution in [1.82, 2.24) is 5.32 Å². The number of hydrogen-bond donors (Lipinski definition) is 1. The fourth-order valence-electron chi connectivity index (χ4n) is 2.32. The monoisotopic (exact) mass is 186 g/mol. The van der Waals surface area contributed by atoms with E-state index in [9.17, 15) is 0 Å². The van der Waals surface area contributed by atoms with Gasteiger partial charge in [0.2, 0.25) is 0 Å². The molecule has 0 radical (unpaired) electrons. The number of nitrogens with one attached hydrogen (secondary N) is 1. The van der Waals surface area contributed by atoms with E-state index in [0.29, 0.717) is 6.04 Å². The molecule has 2 unspecified atom stereocenters. The van der Waals surface area contributed by atoms with Crippen molar-refractivity contribution in [3.63, 3.8) is 0 Å². The molecule has 1 aromatic rings. The highest BCUT2D eigenvalue weighted by Crippen LogP contribution is 2.44. The van der Waals surface area contributed by atoms with Crippen molar-refractivity contribution in [2.45, 2.75) is 6.04 Å². The molecular weight excluding hydrogens is 172 g/mol. The molecule has 72 valence electrons. The van der Waals surface area contributed by atoms with Crippen LogP contribution in [0, 0.1) is 11.8 Å². The van der Waals surface area contributed by atoms with Gasteiger partial charge in [-0.15, -0.1) is 0 Å². The average Bonchev–Trinajstić information content (AvgIpc) is 2.69. The van der Waals surface area contributed by atoms with E-state index < -0.39 is 0 Å². The maximum Gasteiger partial charge on any atom is 0.0588 e. The highest BCUT2D eigenvalue weighted by Gasteiger charge is 2.52. The van der Waals surface area contributed by atoms with Crippen LogP contribution in [0.25, 0.3) is 0 Å². The molecule has 0 amide bonds. The molecule has 0 spiro atoms. The molecule has 0 bridgehead atoms. The molecule has 1 aliphatic heterocycles. The molecule has 2 heteroatoms. The van der Waals surface area contributed by atoms with Crippen molar-refractivity contribution >= 4 is 6.21 Å². The third-order valence-electron chi connectivity index (χ3n) is 3.24. The van der Waals surface area contributed by atoms with Gasteiger partial charge in [-0.1, -0.05) is 30.3 Å². The largest absolute Gasteiger partial charge is 0.316 e. The van der Waals surface area contributed by atoms with Crippen LogP contribution in [-0.4, -0.2) is 25.3 Å². The second kappa shape index (κ2) is 3.21. The molecule has 1 aliphatic carbocycles. The van der Waals surface area contributed by atoms with Crippen LogP contribution in [0.4, 0.5) is 0 Å². The van der Waals surface area contributed by atoms with E-state index >= 15 is 0 Å². The maximum atomic E-state index is 4.63. The summed E-state index contributed by atoms with van der Waals surface area (Å²) in [7, 11) is 0. The van der Waals surface area contributed by atoms with Gasteiger partial charge in [-0.25, -0.2) is 0 Å². The van der Waals surface area contributed by atoms with E-state index in [1.807, 2.05) is 12.3 Å². The summed E-state index contributed by atoms with van der Waals surface area (Å²) < 4.78 is 0. The lowest BCUT2D eigenvalue weighted by atomic mass is 10.2. The summed E-state index contributed by atoms with van der Waals surface area (Å²) in [5, 5.41) is 3.38. The first kappa shape index (κ1) is 8.18. The smallest absolute Gasteiger partial charge is 0.0588 e. The first-order chi connectivity index (χ1) is 6.95. The zero-order chi connectivity index (χ0) is 9.38. The minimum atomic E-state index is 0.608. The molecule has 1 heterocycles. The van der Waals surface area contributed by atoms with E-state index in [0.717, 1.165) is 11.8 Å². The molecule has 1 saturated heterocycles. The van der Waals surface area contributed by atoms with Crippen LogP contribution in [0.1, 0.15) is 5.56 Å². The summed E-state index contributed by atoms with van der Waals surface area (Å²) >= 11 is 0. The van der Waals surface area contributed by atoms with Crippen molar-refractivity contribution in [3.8, 4) is 0 Å². The Balaban J connectivity index is 1.66. The lowest BCUT2D eigenvalue weighted by Crippen LogP contribution is -2.15. The van der Waals surface area contributed by atoms with Gasteiger partial charge in [0.25, 0.3) is 0 Å². The molecule has 1 aromatic carbocycles. The van der Waals surface area contributed by atoms with Gasteiger partial charge >= 0.3 is 0 Å². The highest BCUT2D eigenvalue weighted by atomic mass is 15.0. The molecular formula is C12H14N2. The van der Waals surface area contributed by atoms with Gasteiger partial charge in [0.15, 0.2) is 0 Å². The molecule has 2 atom stereocenters. The van der Waals surface area contributed by atoms with Crippen molar-refractivity contribution in [1.29, 1.82) is 0 Å². The zero-order valence-electron chi connectivity index (χ0n) is 8.06. The number of rotatable bonds is 2. The van der Waals surface area contributed by atoms with Gasteiger partial charge in [-0.3, -0.25) is 4.99 Å². The number of aliphatic imine (C=N–C) groups is 1. The Bertz CT molecular complexity index is 335. The van der Waals surface area contributed by atoms with Gasteiger partial charge in [0.1, 0.15) is 0 Å². The van der Waals surface area contributed by atoms with Crippen molar-refractivity contribution in [3.05, 3.63) is 35.9 Å². The van der Waals surface area contributed by atoms with Gasteiger partial charge in [0.05, 0.1) is 6.04 Å². The summed E-state index contributed by atoms with van der Waals surface area (Å²) in [6.45, 7) is 2.34. The van der Waals surface area contributed by atoms with E-state index in [2.05, 4.69) is 34.6 Å². The number of hydrogen-bond acceptors (Lipinski definition) is 2. The van der Waals surface area contributed by atoms with Crippen LogP contribution in [0.5, 0.6) is 0 Å². The molecule has 2 aliphatic rings. The normalized spacial score (nSPS) is 34.7. The maximum absolute atomic E-state index is 4.63. The van der Waals surface area contributed by atoms with Crippen molar-refractivity contribution in [2.24, 2.45) is 16.8 Å². The molecule has 14 heavy (non-hydrogen) atoms. The minimum absolute atomic E-state index is 0.608. The molecule has 1 saturated carbocycles. The summed E-state index contributed by atoms with van der Waals surface area (Å²) in [4.78, 5) is 4.63. The third-order valence-corrected chi connectivity index (χ3v) is 3.24. The lowest BCUT2D eigenvalue weighted by molar-refractivity contribution is 0.680. The van der Waals surface area contributed by atoms with Crippen LogP contribution in [0.3, 0.4) is 0 Å². The van der Waals surface area contributed by atoms with Crippen LogP contribution >= 0.6 is 0 Å². The summed E-state index contributed by atoms with van der Waals surface area (Å²) in [5.74, 6) is 1.66. The molecule has 2 fully saturated rings. The van der Waals surface area contributed by atoms with E-state index in [1.165, 1.54) is 18.7 Å². The van der Waals surface area contributed by atoms with E-state index in [1.54, 1.807) is 0 Å². The van der Waals surface area contributed by atoms with Crippen LogP contribution in [0.2, 0.25) is 0 Å². The Labute approximate surface area is 84.1 Å². The third kappa shape index (κ3) is 1.36. The Morgan fingerprint density at radius 1 is 1.14 bits per heavy atom. The second-order valence-corrected chi connectivity index (χ2v) is 4.17. The molecule has 3 rings (SSSR count). The Hall–Kier alpha value is -1.15. The van der Waals surface area contributed by atoms with Gasteiger partial charge in [0, 0.05) is 31.1 Å². The SMILES string of the molecule is C(=NC1C2CNCC21)c1ccccc1. The first-order valence-electron chi connectivity index (χ1n) is 5.24. The Kier molecular flexibility index (Phi) is 1.88. The minimum Gasteiger partial charge on any atom is -0.316 e. The standard InChI is InChI=1S/C12H14N2/c1-2-4-9(5-3-1)6-14-12-10-7-13-8-11(10)12/h1-6,10-13H,7-8H2. The van der Waals surface area contributed by atoms with E-state index in [-0.39, 0.29) is 0 Å². The fraction of sp³-hybridized carbons (Fsp3) is 0.417. The van der Waals surface area contributed by atoms with Crippen LogP contribution < -0.4 is 5.32 Å². The van der Waals surface area contributed by atoms with Gasteiger partial charge in [-0.05, 0) is 5.56 Å². The van der Waals surface area contributed by atoms with Crippen molar-refractivity contribution < 1.29 is 0 Å². The number of piperidine rings is 1. The Morgan fingerprint density at radius 2 is 1.86 bits per heavy atom. The van der Waals surface area contributed by atoms with Gasteiger partial charge in [-0.2, -0.15) is 0 Å². The lowest BCUT2D eigenvalue weighted by Gasteiger charge is -1.97. The van der Waals surface area contributed by atoms with Crippen LogP contribution in [0.15, 0.2) is 35.3 Å². The number of nitrogens with zero attached hydrogens (tertiary/aromatic N) is 1. The van der Waals surface area contributed by atoms with Crippen molar-refractivity contribution in [2.75, 3.05) is 13.1 Å².